The van der Waals surface area contributed by atoms with E-state index in [1.54, 1.807) is 24.0 Å². The van der Waals surface area contributed by atoms with Crippen LogP contribution in [0.5, 0.6) is 0 Å². The maximum Gasteiger partial charge on any atom is 0.214 e. The molecule has 0 unspecified atom stereocenters. The molecule has 1 aliphatic carbocycles. The van der Waals surface area contributed by atoms with E-state index in [0.717, 1.165) is 26.7 Å². The number of aryl methyl sites for hydroxylation is 1. The lowest BCUT2D eigenvalue weighted by molar-refractivity contribution is 0.0994. The number of hydrogen-bond acceptors (Lipinski definition) is 7. The van der Waals surface area contributed by atoms with Crippen molar-refractivity contribution in [2.75, 3.05) is 0 Å². The third-order valence-electron chi connectivity index (χ3n) is 4.91. The molecular weight excluding hydrogens is 411 g/mol. The van der Waals surface area contributed by atoms with Crippen LogP contribution in [0, 0.1) is 11.7 Å². The zero-order valence-electron chi connectivity index (χ0n) is 15.6. The summed E-state index contributed by atoms with van der Waals surface area (Å²) in [6, 6.07) is 4.63. The van der Waals surface area contributed by atoms with Gasteiger partial charge in [0.05, 0.1) is 22.3 Å². The minimum absolute atomic E-state index is 0.0117. The molecule has 0 N–H and O–H groups in total. The smallest absolute Gasteiger partial charge is 0.214 e. The van der Waals surface area contributed by atoms with E-state index in [-0.39, 0.29) is 18.0 Å². The van der Waals surface area contributed by atoms with E-state index in [1.807, 2.05) is 10.8 Å². The predicted molar refractivity (Wildman–Crippen MR) is 108 cm³/mol. The summed E-state index contributed by atoms with van der Waals surface area (Å²) in [4.78, 5) is 17.4. The van der Waals surface area contributed by atoms with Crippen molar-refractivity contribution >= 4 is 39.8 Å². The van der Waals surface area contributed by atoms with Gasteiger partial charge in [-0.1, -0.05) is 0 Å². The molecule has 0 amide bonds. The number of rotatable bonds is 7. The molecule has 0 bridgehead atoms. The lowest BCUT2D eigenvalue weighted by atomic mass is 10.1. The van der Waals surface area contributed by atoms with E-state index in [4.69, 9.17) is 0 Å². The van der Waals surface area contributed by atoms with Crippen LogP contribution in [0.2, 0.25) is 0 Å². The molecule has 3 aromatic heterocycles. The fourth-order valence-corrected chi connectivity index (χ4v) is 5.13. The second-order valence-electron chi connectivity index (χ2n) is 7.16. The molecule has 0 aliphatic heterocycles. The van der Waals surface area contributed by atoms with Crippen molar-refractivity contribution in [3.8, 4) is 0 Å². The number of carbonyl (C=O) groups excluding carboxylic acids is 1. The number of nitrogens with zero attached hydrogens (tertiary/aromatic N) is 6. The SMILES string of the molecule is Cn1nnnc1Sc1cnc(CC(=O)c2cn(CC3CC3)c3cc(F)ccc23)s1. The topological polar surface area (TPSA) is 78.5 Å². The van der Waals surface area contributed by atoms with E-state index >= 15 is 0 Å². The molecule has 148 valence electrons. The first-order valence-corrected chi connectivity index (χ1v) is 10.9. The van der Waals surface area contributed by atoms with Crippen molar-refractivity contribution in [2.45, 2.75) is 35.2 Å². The number of tetrazole rings is 1. The van der Waals surface area contributed by atoms with Crippen molar-refractivity contribution in [2.24, 2.45) is 13.0 Å². The van der Waals surface area contributed by atoms with E-state index in [9.17, 15) is 9.18 Å². The molecule has 1 aromatic carbocycles. The molecule has 0 atom stereocenters. The van der Waals surface area contributed by atoms with Crippen molar-refractivity contribution in [3.63, 3.8) is 0 Å². The molecule has 1 saturated carbocycles. The van der Waals surface area contributed by atoms with Gasteiger partial charge in [-0.3, -0.25) is 4.79 Å². The summed E-state index contributed by atoms with van der Waals surface area (Å²) in [6.45, 7) is 0.830. The van der Waals surface area contributed by atoms with Crippen LogP contribution in [0.3, 0.4) is 0 Å². The first kappa shape index (κ1) is 18.4. The summed E-state index contributed by atoms with van der Waals surface area (Å²) in [7, 11) is 1.77. The molecule has 0 saturated heterocycles. The Kier molecular flexibility index (Phi) is 4.67. The zero-order valence-corrected chi connectivity index (χ0v) is 17.2. The average molecular weight is 429 g/mol. The third kappa shape index (κ3) is 3.82. The van der Waals surface area contributed by atoms with Gasteiger partial charge in [-0.05, 0) is 59.1 Å². The van der Waals surface area contributed by atoms with Crippen molar-refractivity contribution < 1.29 is 9.18 Å². The van der Waals surface area contributed by atoms with Crippen LogP contribution in [-0.2, 0) is 20.0 Å². The summed E-state index contributed by atoms with van der Waals surface area (Å²) < 4.78 is 18.3. The number of halogens is 1. The monoisotopic (exact) mass is 428 g/mol. The summed E-state index contributed by atoms with van der Waals surface area (Å²) in [6.07, 6.45) is 6.21. The molecule has 0 spiro atoms. The molecule has 7 nitrogen and oxygen atoms in total. The fraction of sp³-hybridized carbons (Fsp3) is 0.316. The number of Topliss-reactive ketones (excluding diaryl/α,β-unsaturated/α-hetero) is 1. The van der Waals surface area contributed by atoms with Crippen LogP contribution in [0.25, 0.3) is 10.9 Å². The van der Waals surface area contributed by atoms with Gasteiger partial charge in [-0.2, -0.15) is 0 Å². The lowest BCUT2D eigenvalue weighted by Gasteiger charge is -2.03. The van der Waals surface area contributed by atoms with E-state index in [1.165, 1.54) is 48.1 Å². The molecule has 3 heterocycles. The summed E-state index contributed by atoms with van der Waals surface area (Å²) >= 11 is 2.87. The second-order valence-corrected chi connectivity index (χ2v) is 9.54. The van der Waals surface area contributed by atoms with Crippen LogP contribution < -0.4 is 0 Å². The van der Waals surface area contributed by atoms with Gasteiger partial charge in [0.1, 0.15) is 10.8 Å². The molecule has 4 aromatic rings. The molecule has 29 heavy (non-hydrogen) atoms. The summed E-state index contributed by atoms with van der Waals surface area (Å²) in [5.41, 5.74) is 1.41. The summed E-state index contributed by atoms with van der Waals surface area (Å²) in [5.74, 6) is 0.333. The Morgan fingerprint density at radius 3 is 3.00 bits per heavy atom. The van der Waals surface area contributed by atoms with Gasteiger partial charge in [0, 0.05) is 30.7 Å². The Morgan fingerprint density at radius 2 is 2.24 bits per heavy atom. The Hall–Kier alpha value is -2.59. The first-order chi connectivity index (χ1) is 14.1. The standard InChI is InChI=1S/C19H17FN6OS2/c1-25-19(22-23-24-25)29-18-8-21-17(28-18)7-16(27)14-10-26(9-11-2-3-11)15-6-12(20)4-5-13(14)15/h4-6,8,10-11H,2-3,7,9H2,1H3. The van der Waals surface area contributed by atoms with Crippen LogP contribution in [0.4, 0.5) is 4.39 Å². The van der Waals surface area contributed by atoms with Crippen molar-refractivity contribution in [1.29, 1.82) is 0 Å². The minimum atomic E-state index is -0.286. The molecule has 5 rings (SSSR count). The van der Waals surface area contributed by atoms with E-state index in [2.05, 4.69) is 20.5 Å². The van der Waals surface area contributed by atoms with Crippen molar-refractivity contribution in [1.82, 2.24) is 29.8 Å². The quantitative estimate of drug-likeness (QED) is 0.417. The van der Waals surface area contributed by atoms with Crippen LogP contribution in [0.15, 0.2) is 40.0 Å². The van der Waals surface area contributed by atoms with Gasteiger partial charge in [0.15, 0.2) is 5.78 Å². The van der Waals surface area contributed by atoms with Crippen LogP contribution in [-0.4, -0.2) is 35.5 Å². The lowest BCUT2D eigenvalue weighted by Crippen LogP contribution is -2.03. The Bertz CT molecular complexity index is 1210. The highest BCUT2D eigenvalue weighted by Gasteiger charge is 2.24. The number of thiazole rings is 1. The zero-order chi connectivity index (χ0) is 20.0. The maximum atomic E-state index is 13.8. The second kappa shape index (κ2) is 7.34. The number of carbonyl (C=O) groups is 1. The average Bonchev–Trinajstić information content (AvgIpc) is 3.08. The Balaban J connectivity index is 1.38. The number of aromatic nitrogens is 6. The van der Waals surface area contributed by atoms with Crippen LogP contribution in [0.1, 0.15) is 28.2 Å². The van der Waals surface area contributed by atoms with Gasteiger partial charge in [0.25, 0.3) is 0 Å². The Morgan fingerprint density at radius 1 is 1.38 bits per heavy atom. The number of hydrogen-bond donors (Lipinski definition) is 0. The normalized spacial score (nSPS) is 14.0. The van der Waals surface area contributed by atoms with Crippen molar-refractivity contribution in [3.05, 3.63) is 47.0 Å². The van der Waals surface area contributed by atoms with Crippen LogP contribution >= 0.6 is 23.1 Å². The fourth-order valence-electron chi connectivity index (χ4n) is 3.27. The Labute approximate surface area is 173 Å². The number of benzene rings is 1. The van der Waals surface area contributed by atoms with Gasteiger partial charge < -0.3 is 4.57 Å². The molecular formula is C19H17FN6OS2. The molecule has 10 heteroatoms. The predicted octanol–water partition coefficient (Wildman–Crippen LogP) is 3.75. The maximum absolute atomic E-state index is 13.8. The largest absolute Gasteiger partial charge is 0.346 e. The minimum Gasteiger partial charge on any atom is -0.346 e. The van der Waals surface area contributed by atoms with Gasteiger partial charge in [-0.15, -0.1) is 16.4 Å². The third-order valence-corrected chi connectivity index (χ3v) is 7.04. The molecule has 1 fully saturated rings. The highest BCUT2D eigenvalue weighted by Crippen LogP contribution is 2.34. The first-order valence-electron chi connectivity index (χ1n) is 9.23. The molecule has 0 radical (unpaired) electrons. The highest BCUT2D eigenvalue weighted by atomic mass is 32.2. The number of fused-ring (bicyclic) bond motifs is 1. The summed E-state index contributed by atoms with van der Waals surface area (Å²) in [5, 5.41) is 13.6. The van der Waals surface area contributed by atoms with Gasteiger partial charge >= 0.3 is 0 Å². The van der Waals surface area contributed by atoms with E-state index in [0.29, 0.717) is 16.6 Å². The van der Waals surface area contributed by atoms with Gasteiger partial charge in [0.2, 0.25) is 5.16 Å². The van der Waals surface area contributed by atoms with E-state index < -0.39 is 0 Å². The molecule has 1 aliphatic rings. The highest BCUT2D eigenvalue weighted by molar-refractivity contribution is 8.01. The van der Waals surface area contributed by atoms with Gasteiger partial charge in [-0.25, -0.2) is 14.1 Å². The number of ketones is 1.